The highest BCUT2D eigenvalue weighted by Crippen LogP contribution is 2.30. The van der Waals surface area contributed by atoms with Crippen molar-refractivity contribution in [2.75, 3.05) is 0 Å². The number of carbonyl (C=O) groups excluding carboxylic acids is 1. The van der Waals surface area contributed by atoms with Crippen molar-refractivity contribution in [2.24, 2.45) is 0 Å². The number of hydrogen-bond donors (Lipinski definition) is 0. The maximum atomic E-state index is 11.6. The van der Waals surface area contributed by atoms with Gasteiger partial charge in [-0.15, -0.1) is 6.58 Å². The minimum Gasteiger partial charge on any atom is -0.458 e. The maximum Gasteiger partial charge on any atom is 0.339 e. The molecule has 1 saturated heterocycles. The summed E-state index contributed by atoms with van der Waals surface area (Å²) in [5.74, 6) is -0.395. The van der Waals surface area contributed by atoms with Gasteiger partial charge >= 0.3 is 5.97 Å². The number of ether oxygens (including phenoxy) is 1. The van der Waals surface area contributed by atoms with Crippen LogP contribution in [0.5, 0.6) is 0 Å². The smallest absolute Gasteiger partial charge is 0.339 e. The van der Waals surface area contributed by atoms with Crippen molar-refractivity contribution < 1.29 is 19.3 Å². The molecule has 0 aromatic carbocycles. The third-order valence-corrected chi connectivity index (χ3v) is 2.05. The van der Waals surface area contributed by atoms with Gasteiger partial charge in [-0.1, -0.05) is 6.08 Å². The Labute approximate surface area is 90.1 Å². The Hall–Kier alpha value is -0.870. The lowest BCUT2D eigenvalue weighted by atomic mass is 10.00. The molecule has 15 heavy (non-hydrogen) atoms. The molecule has 0 aliphatic carbocycles. The second-order valence-corrected chi connectivity index (χ2v) is 4.92. The summed E-state index contributed by atoms with van der Waals surface area (Å²) in [6.45, 7) is 10.9. The fraction of sp³-hybridized carbons (Fsp3) is 0.727. The first-order valence-electron chi connectivity index (χ1n) is 4.97. The highest BCUT2D eigenvalue weighted by atomic mass is 17.2. The average molecular weight is 214 g/mol. The first-order valence-corrected chi connectivity index (χ1v) is 4.97. The quantitative estimate of drug-likeness (QED) is 0.400. The van der Waals surface area contributed by atoms with Crippen molar-refractivity contribution in [3.63, 3.8) is 0 Å². The van der Waals surface area contributed by atoms with Gasteiger partial charge in [-0.05, 0) is 27.7 Å². The van der Waals surface area contributed by atoms with Crippen molar-refractivity contribution in [1.29, 1.82) is 0 Å². The van der Waals surface area contributed by atoms with Crippen LogP contribution in [-0.4, -0.2) is 23.3 Å². The first kappa shape index (κ1) is 12.2. The van der Waals surface area contributed by atoms with Crippen LogP contribution in [-0.2, 0) is 19.3 Å². The van der Waals surface area contributed by atoms with Gasteiger partial charge in [0, 0.05) is 6.42 Å². The molecule has 0 unspecified atom stereocenters. The van der Waals surface area contributed by atoms with Crippen molar-refractivity contribution in [3.8, 4) is 0 Å². The van der Waals surface area contributed by atoms with Crippen LogP contribution in [0.2, 0.25) is 0 Å². The molecule has 4 nitrogen and oxygen atoms in total. The fourth-order valence-corrected chi connectivity index (χ4v) is 1.21. The number of carbonyl (C=O) groups is 1. The van der Waals surface area contributed by atoms with E-state index in [0.29, 0.717) is 6.42 Å². The van der Waals surface area contributed by atoms with Crippen molar-refractivity contribution in [3.05, 3.63) is 12.7 Å². The molecule has 1 aliphatic rings. The van der Waals surface area contributed by atoms with Gasteiger partial charge in [0.2, 0.25) is 0 Å². The summed E-state index contributed by atoms with van der Waals surface area (Å²) in [4.78, 5) is 21.5. The minimum atomic E-state index is -0.660. The summed E-state index contributed by atoms with van der Waals surface area (Å²) in [6, 6.07) is 0. The lowest BCUT2D eigenvalue weighted by Gasteiger charge is -2.21. The molecule has 0 saturated carbocycles. The Kier molecular flexibility index (Phi) is 3.21. The van der Waals surface area contributed by atoms with E-state index in [1.165, 1.54) is 0 Å². The van der Waals surface area contributed by atoms with E-state index in [4.69, 9.17) is 14.5 Å². The van der Waals surface area contributed by atoms with Gasteiger partial charge in [0.25, 0.3) is 0 Å². The van der Waals surface area contributed by atoms with Gasteiger partial charge in [-0.3, -0.25) is 0 Å². The van der Waals surface area contributed by atoms with E-state index in [2.05, 4.69) is 6.58 Å². The average Bonchev–Trinajstić information content (AvgIpc) is 2.46. The zero-order chi connectivity index (χ0) is 11.7. The third kappa shape index (κ3) is 3.32. The van der Waals surface area contributed by atoms with Crippen LogP contribution in [0.15, 0.2) is 12.7 Å². The van der Waals surface area contributed by atoms with Gasteiger partial charge in [-0.2, -0.15) is 0 Å². The normalized spacial score (nSPS) is 31.3. The molecule has 0 amide bonds. The fourth-order valence-electron chi connectivity index (χ4n) is 1.21. The minimum absolute atomic E-state index is 0.395. The molecule has 0 aromatic heterocycles. The van der Waals surface area contributed by atoms with Crippen molar-refractivity contribution in [2.45, 2.75) is 51.4 Å². The SMILES string of the molecule is C=C[C@]1(C)C[C@H](C(=O)OC(C)(C)C)OO1. The predicted octanol–water partition coefficient (Wildman–Crippen LogP) is 1.99. The second kappa shape index (κ2) is 3.94. The molecule has 1 fully saturated rings. The van der Waals surface area contributed by atoms with E-state index in [0.717, 1.165) is 0 Å². The Balaban J connectivity index is 2.54. The number of rotatable bonds is 2. The van der Waals surface area contributed by atoms with E-state index in [-0.39, 0.29) is 0 Å². The van der Waals surface area contributed by atoms with E-state index in [9.17, 15) is 4.79 Å². The Morgan fingerprint density at radius 2 is 2.20 bits per heavy atom. The van der Waals surface area contributed by atoms with Crippen LogP contribution in [0.3, 0.4) is 0 Å². The summed E-state index contributed by atoms with van der Waals surface area (Å²) >= 11 is 0. The summed E-state index contributed by atoms with van der Waals surface area (Å²) in [7, 11) is 0. The summed E-state index contributed by atoms with van der Waals surface area (Å²) < 4.78 is 5.18. The Morgan fingerprint density at radius 3 is 2.60 bits per heavy atom. The maximum absolute atomic E-state index is 11.6. The van der Waals surface area contributed by atoms with E-state index >= 15 is 0 Å². The summed E-state index contributed by atoms with van der Waals surface area (Å²) in [5.41, 5.74) is -1.10. The molecule has 0 aromatic rings. The largest absolute Gasteiger partial charge is 0.458 e. The number of hydrogen-bond acceptors (Lipinski definition) is 4. The van der Waals surface area contributed by atoms with Crippen LogP contribution in [0.1, 0.15) is 34.1 Å². The van der Waals surface area contributed by atoms with Crippen molar-refractivity contribution >= 4 is 5.97 Å². The zero-order valence-electron chi connectivity index (χ0n) is 9.70. The lowest BCUT2D eigenvalue weighted by molar-refractivity contribution is -0.310. The monoisotopic (exact) mass is 214 g/mol. The third-order valence-electron chi connectivity index (χ3n) is 2.05. The summed E-state index contributed by atoms with van der Waals surface area (Å²) in [6.07, 6.45) is 1.40. The molecule has 86 valence electrons. The molecule has 0 N–H and O–H groups in total. The molecule has 0 bridgehead atoms. The van der Waals surface area contributed by atoms with Crippen LogP contribution >= 0.6 is 0 Å². The molecule has 4 heteroatoms. The van der Waals surface area contributed by atoms with Crippen LogP contribution in [0.4, 0.5) is 0 Å². The molecular formula is C11H18O4. The van der Waals surface area contributed by atoms with Crippen molar-refractivity contribution in [1.82, 2.24) is 0 Å². The molecule has 0 spiro atoms. The second-order valence-electron chi connectivity index (χ2n) is 4.92. The van der Waals surface area contributed by atoms with Crippen LogP contribution in [0, 0.1) is 0 Å². The Bertz CT molecular complexity index is 266. The van der Waals surface area contributed by atoms with Crippen LogP contribution < -0.4 is 0 Å². The predicted molar refractivity (Wildman–Crippen MR) is 55.0 cm³/mol. The molecule has 1 heterocycles. The summed E-state index contributed by atoms with van der Waals surface area (Å²) in [5, 5.41) is 0. The molecular weight excluding hydrogens is 196 g/mol. The van der Waals surface area contributed by atoms with Gasteiger partial charge in [0.05, 0.1) is 0 Å². The van der Waals surface area contributed by atoms with Crippen LogP contribution in [0.25, 0.3) is 0 Å². The molecule has 1 rings (SSSR count). The van der Waals surface area contributed by atoms with Gasteiger partial charge in [0.15, 0.2) is 6.10 Å². The molecule has 1 aliphatic heterocycles. The number of esters is 1. The van der Waals surface area contributed by atoms with E-state index in [1.807, 2.05) is 27.7 Å². The standard InChI is InChI=1S/C11H18O4/c1-6-11(5)7-8(14-15-11)9(12)13-10(2,3)4/h6,8H,1,7H2,2-5H3/t8-,11-/m1/s1. The highest BCUT2D eigenvalue weighted by molar-refractivity contribution is 5.75. The van der Waals surface area contributed by atoms with E-state index in [1.54, 1.807) is 6.08 Å². The first-order chi connectivity index (χ1) is 6.76. The van der Waals surface area contributed by atoms with Gasteiger partial charge in [0.1, 0.15) is 11.2 Å². The zero-order valence-corrected chi connectivity index (χ0v) is 9.70. The van der Waals surface area contributed by atoms with E-state index < -0.39 is 23.3 Å². The Morgan fingerprint density at radius 1 is 1.60 bits per heavy atom. The van der Waals surface area contributed by atoms with Gasteiger partial charge < -0.3 is 4.74 Å². The topological polar surface area (TPSA) is 44.8 Å². The highest BCUT2D eigenvalue weighted by Gasteiger charge is 2.41. The molecule has 2 atom stereocenters. The van der Waals surface area contributed by atoms with Gasteiger partial charge in [-0.25, -0.2) is 14.6 Å². The lowest BCUT2D eigenvalue weighted by Crippen LogP contribution is -2.32. The molecule has 0 radical (unpaired) electrons.